The predicted octanol–water partition coefficient (Wildman–Crippen LogP) is 2.07. The van der Waals surface area contributed by atoms with Gasteiger partial charge in [-0.05, 0) is 38.6 Å². The third-order valence-electron chi connectivity index (χ3n) is 4.68. The monoisotopic (exact) mass is 343 g/mol. The van der Waals surface area contributed by atoms with Crippen molar-refractivity contribution in [1.29, 1.82) is 0 Å². The molecule has 1 aliphatic heterocycles. The molecule has 1 aromatic carbocycles. The van der Waals surface area contributed by atoms with E-state index in [0.717, 1.165) is 19.4 Å². The summed E-state index contributed by atoms with van der Waals surface area (Å²) in [5, 5.41) is 14.6. The Hall–Kier alpha value is -2.74. The van der Waals surface area contributed by atoms with Crippen molar-refractivity contribution < 1.29 is 9.72 Å². The van der Waals surface area contributed by atoms with E-state index in [0.29, 0.717) is 18.3 Å². The number of hydrogen-bond acceptors (Lipinski definition) is 6. The molecule has 1 aliphatic rings. The van der Waals surface area contributed by atoms with Crippen molar-refractivity contribution in [3.8, 4) is 0 Å². The highest BCUT2D eigenvalue weighted by Crippen LogP contribution is 2.27. The summed E-state index contributed by atoms with van der Waals surface area (Å²) in [5.74, 6) is -0.0831. The number of likely N-dealkylation sites (tertiary alicyclic amines) is 1. The molecule has 8 heteroatoms. The summed E-state index contributed by atoms with van der Waals surface area (Å²) in [7, 11) is 3.77. The Kier molecular flexibility index (Phi) is 4.80. The van der Waals surface area contributed by atoms with Gasteiger partial charge in [-0.3, -0.25) is 14.9 Å². The number of aryl methyl sites for hydroxylation is 1. The highest BCUT2D eigenvalue weighted by atomic mass is 16.6. The van der Waals surface area contributed by atoms with Gasteiger partial charge < -0.3 is 14.8 Å². The molecule has 0 spiro atoms. The Morgan fingerprint density at radius 1 is 1.44 bits per heavy atom. The maximum atomic E-state index is 12.5. The number of nitro benzene ring substituents is 1. The average Bonchev–Trinajstić information content (AvgIpc) is 3.20. The van der Waals surface area contributed by atoms with Crippen LogP contribution in [-0.4, -0.2) is 51.3 Å². The van der Waals surface area contributed by atoms with E-state index >= 15 is 0 Å². The van der Waals surface area contributed by atoms with Gasteiger partial charge in [0.2, 0.25) is 5.78 Å². The maximum absolute atomic E-state index is 12.5. The van der Waals surface area contributed by atoms with Gasteiger partial charge in [-0.25, -0.2) is 4.98 Å². The van der Waals surface area contributed by atoms with Crippen molar-refractivity contribution in [2.45, 2.75) is 18.9 Å². The van der Waals surface area contributed by atoms with Crippen LogP contribution in [0, 0.1) is 10.1 Å². The first-order valence-electron chi connectivity index (χ1n) is 8.22. The number of imidazole rings is 1. The van der Waals surface area contributed by atoms with Crippen molar-refractivity contribution >= 4 is 17.2 Å². The number of nitrogens with one attached hydrogen (secondary N) is 1. The van der Waals surface area contributed by atoms with Crippen molar-refractivity contribution in [3.63, 3.8) is 0 Å². The number of hydrogen-bond donors (Lipinski definition) is 1. The number of carbonyl (C=O) groups is 1. The molecule has 0 radical (unpaired) electrons. The molecular formula is C17H21N5O3. The molecule has 2 aromatic rings. The van der Waals surface area contributed by atoms with Crippen molar-refractivity contribution in [1.82, 2.24) is 14.5 Å². The minimum atomic E-state index is -0.462. The molecule has 8 nitrogen and oxygen atoms in total. The lowest BCUT2D eigenvalue weighted by atomic mass is 10.1. The van der Waals surface area contributed by atoms with E-state index in [9.17, 15) is 14.9 Å². The molecule has 2 heterocycles. The molecule has 1 aromatic heterocycles. The summed E-state index contributed by atoms with van der Waals surface area (Å²) >= 11 is 0. The van der Waals surface area contributed by atoms with Crippen LogP contribution in [0.25, 0.3) is 0 Å². The second-order valence-electron chi connectivity index (χ2n) is 6.34. The lowest BCUT2D eigenvalue weighted by Gasteiger charge is -2.20. The van der Waals surface area contributed by atoms with Crippen molar-refractivity contribution in [2.75, 3.05) is 25.5 Å². The molecule has 25 heavy (non-hydrogen) atoms. The first-order chi connectivity index (χ1) is 12.0. The van der Waals surface area contributed by atoms with Crippen LogP contribution in [0.5, 0.6) is 0 Å². The van der Waals surface area contributed by atoms with E-state index in [2.05, 4.69) is 22.2 Å². The van der Waals surface area contributed by atoms with E-state index < -0.39 is 4.92 Å². The normalized spacial score (nSPS) is 17.6. The summed E-state index contributed by atoms with van der Waals surface area (Å²) in [5.41, 5.74) is 0.590. The Morgan fingerprint density at radius 2 is 2.24 bits per heavy atom. The van der Waals surface area contributed by atoms with Gasteiger partial charge in [-0.2, -0.15) is 0 Å². The first kappa shape index (κ1) is 17.1. The fourth-order valence-corrected chi connectivity index (χ4v) is 3.15. The van der Waals surface area contributed by atoms with E-state index in [-0.39, 0.29) is 22.9 Å². The molecule has 132 valence electrons. The third-order valence-corrected chi connectivity index (χ3v) is 4.68. The zero-order chi connectivity index (χ0) is 18.0. The van der Waals surface area contributed by atoms with Gasteiger partial charge >= 0.3 is 0 Å². The first-order valence-corrected chi connectivity index (χ1v) is 8.22. The molecule has 0 saturated carbocycles. The van der Waals surface area contributed by atoms with Crippen molar-refractivity contribution in [2.24, 2.45) is 7.05 Å². The number of nitro groups is 1. The lowest BCUT2D eigenvalue weighted by molar-refractivity contribution is -0.384. The minimum Gasteiger partial charge on any atom is -0.378 e. The van der Waals surface area contributed by atoms with Crippen LogP contribution < -0.4 is 5.32 Å². The molecule has 1 unspecified atom stereocenters. The number of anilines is 1. The van der Waals surface area contributed by atoms with Gasteiger partial charge in [-0.1, -0.05) is 0 Å². The third kappa shape index (κ3) is 3.53. The van der Waals surface area contributed by atoms with Crippen LogP contribution in [0.2, 0.25) is 0 Å². The minimum absolute atomic E-state index is 0.0966. The van der Waals surface area contributed by atoms with Gasteiger partial charge in [0.25, 0.3) is 5.69 Å². The molecule has 1 saturated heterocycles. The van der Waals surface area contributed by atoms with E-state index in [4.69, 9.17) is 0 Å². The van der Waals surface area contributed by atoms with Gasteiger partial charge in [0, 0.05) is 43.7 Å². The van der Waals surface area contributed by atoms with Crippen LogP contribution in [-0.2, 0) is 7.05 Å². The SMILES string of the molecule is CN1CCCC1CNc1ccc(C(=O)c2nccn2C)cc1[N+](=O)[O-]. The number of likely N-dealkylation sites (N-methyl/N-ethyl adjacent to an activating group) is 1. The zero-order valence-corrected chi connectivity index (χ0v) is 14.3. The smallest absolute Gasteiger partial charge is 0.293 e. The summed E-state index contributed by atoms with van der Waals surface area (Å²) in [6, 6.07) is 4.89. The fraction of sp³-hybridized carbons (Fsp3) is 0.412. The largest absolute Gasteiger partial charge is 0.378 e. The number of carbonyl (C=O) groups excluding carboxylic acids is 1. The second-order valence-corrected chi connectivity index (χ2v) is 6.34. The highest BCUT2D eigenvalue weighted by molar-refractivity contribution is 6.07. The average molecular weight is 343 g/mol. The number of aromatic nitrogens is 2. The van der Waals surface area contributed by atoms with E-state index in [1.165, 1.54) is 12.3 Å². The molecule has 1 atom stereocenters. The lowest BCUT2D eigenvalue weighted by Crippen LogP contribution is -2.31. The van der Waals surface area contributed by atoms with Gasteiger partial charge in [0.05, 0.1) is 4.92 Å². The molecule has 0 bridgehead atoms. The van der Waals surface area contributed by atoms with Crippen LogP contribution in [0.3, 0.4) is 0 Å². The Bertz CT molecular complexity index is 801. The molecular weight excluding hydrogens is 322 g/mol. The van der Waals surface area contributed by atoms with Gasteiger partial charge in [0.15, 0.2) is 5.82 Å². The van der Waals surface area contributed by atoms with Crippen LogP contribution >= 0.6 is 0 Å². The molecule has 3 rings (SSSR count). The Labute approximate surface area is 145 Å². The van der Waals surface area contributed by atoms with Gasteiger partial charge in [0.1, 0.15) is 5.69 Å². The van der Waals surface area contributed by atoms with Crippen LogP contribution in [0.4, 0.5) is 11.4 Å². The zero-order valence-electron chi connectivity index (χ0n) is 14.3. The quantitative estimate of drug-likeness (QED) is 0.490. The van der Waals surface area contributed by atoms with E-state index in [1.807, 2.05) is 0 Å². The fourth-order valence-electron chi connectivity index (χ4n) is 3.15. The Balaban J connectivity index is 1.82. The number of ketones is 1. The highest BCUT2D eigenvalue weighted by Gasteiger charge is 2.23. The summed E-state index contributed by atoms with van der Waals surface area (Å²) < 4.78 is 1.59. The molecule has 1 fully saturated rings. The topological polar surface area (TPSA) is 93.3 Å². The number of benzene rings is 1. The number of rotatable bonds is 6. The molecule has 0 aliphatic carbocycles. The van der Waals surface area contributed by atoms with Gasteiger partial charge in [-0.15, -0.1) is 0 Å². The molecule has 0 amide bonds. The summed E-state index contributed by atoms with van der Waals surface area (Å²) in [6.45, 7) is 1.69. The number of nitrogens with zero attached hydrogens (tertiary/aromatic N) is 4. The Morgan fingerprint density at radius 3 is 2.84 bits per heavy atom. The van der Waals surface area contributed by atoms with E-state index in [1.54, 1.807) is 29.9 Å². The van der Waals surface area contributed by atoms with Crippen molar-refractivity contribution in [3.05, 3.63) is 52.1 Å². The standard InChI is InChI=1S/C17H21N5O3/c1-20-8-3-4-13(20)11-19-14-6-5-12(10-15(14)22(24)25)16(23)17-18-7-9-21(17)2/h5-7,9-10,13,19H,3-4,8,11H2,1-2H3. The molecule has 1 N–H and O–H groups in total. The maximum Gasteiger partial charge on any atom is 0.293 e. The summed E-state index contributed by atoms with van der Waals surface area (Å²) in [4.78, 5) is 29.7. The summed E-state index contributed by atoms with van der Waals surface area (Å²) in [6.07, 6.45) is 5.40. The van der Waals surface area contributed by atoms with Crippen LogP contribution in [0.1, 0.15) is 29.0 Å². The second kappa shape index (κ2) is 7.02. The van der Waals surface area contributed by atoms with Crippen LogP contribution in [0.15, 0.2) is 30.6 Å². The predicted molar refractivity (Wildman–Crippen MR) is 93.9 cm³/mol.